The van der Waals surface area contributed by atoms with Gasteiger partial charge in [0.25, 0.3) is 0 Å². The van der Waals surface area contributed by atoms with Crippen LogP contribution in [0, 0.1) is 11.3 Å². The molecule has 2 aromatic carbocycles. The Morgan fingerprint density at radius 1 is 1.13 bits per heavy atom. The highest BCUT2D eigenvalue weighted by Gasteiger charge is 2.09. The number of thioether (sulfide) groups is 1. The van der Waals surface area contributed by atoms with E-state index in [4.69, 9.17) is 10.00 Å². The predicted octanol–water partition coefficient (Wildman–Crippen LogP) is 4.56. The molecule has 4 heteroatoms. The summed E-state index contributed by atoms with van der Waals surface area (Å²) in [5.74, 6) is 1.41. The second-order valence-electron chi connectivity index (χ2n) is 5.46. The van der Waals surface area contributed by atoms with E-state index in [1.54, 1.807) is 17.8 Å². The number of ether oxygens (including phenoxy) is 1. The van der Waals surface area contributed by atoms with Crippen LogP contribution >= 0.6 is 11.8 Å². The van der Waals surface area contributed by atoms with Gasteiger partial charge in [-0.05, 0) is 49.2 Å². The Hall–Kier alpha value is -2.25. The number of carbonyl (C=O) groups excluding carboxylic acids is 1. The molecule has 0 aromatic heterocycles. The summed E-state index contributed by atoms with van der Waals surface area (Å²) < 4.78 is 5.21. The fourth-order valence-corrected chi connectivity index (χ4v) is 2.98. The third-order valence-electron chi connectivity index (χ3n) is 3.13. The van der Waals surface area contributed by atoms with E-state index in [-0.39, 0.29) is 12.1 Å². The Bertz CT molecular complexity index is 702. The molecule has 0 amide bonds. The highest BCUT2D eigenvalue weighted by atomic mass is 32.2. The van der Waals surface area contributed by atoms with Crippen LogP contribution in [0.4, 0.5) is 0 Å². The van der Waals surface area contributed by atoms with E-state index in [1.807, 2.05) is 56.3 Å². The van der Waals surface area contributed by atoms with Gasteiger partial charge in [-0.3, -0.25) is 0 Å². The Morgan fingerprint density at radius 2 is 1.83 bits per heavy atom. The molecule has 0 aliphatic carbocycles. The Balaban J connectivity index is 1.90. The van der Waals surface area contributed by atoms with E-state index < -0.39 is 0 Å². The van der Waals surface area contributed by atoms with E-state index in [9.17, 15) is 4.79 Å². The van der Waals surface area contributed by atoms with E-state index in [0.717, 1.165) is 17.1 Å². The van der Waals surface area contributed by atoms with E-state index >= 15 is 0 Å². The maximum absolute atomic E-state index is 11.9. The molecule has 2 rings (SSSR count). The van der Waals surface area contributed by atoms with Gasteiger partial charge in [-0.25, -0.2) is 4.79 Å². The van der Waals surface area contributed by atoms with Gasteiger partial charge in [-0.15, -0.1) is 0 Å². The van der Waals surface area contributed by atoms with Crippen LogP contribution in [0.5, 0.6) is 0 Å². The van der Waals surface area contributed by atoms with Gasteiger partial charge in [0.05, 0.1) is 23.3 Å². The lowest BCUT2D eigenvalue weighted by Crippen LogP contribution is -2.11. The summed E-state index contributed by atoms with van der Waals surface area (Å²) in [7, 11) is 0. The third-order valence-corrected chi connectivity index (χ3v) is 4.20. The van der Waals surface area contributed by atoms with Gasteiger partial charge in [0.2, 0.25) is 0 Å². The minimum Gasteiger partial charge on any atom is -0.459 e. The Morgan fingerprint density at radius 3 is 2.48 bits per heavy atom. The minimum atomic E-state index is -0.279. The van der Waals surface area contributed by atoms with Crippen LogP contribution in [0.15, 0.2) is 48.5 Å². The van der Waals surface area contributed by atoms with Gasteiger partial charge in [0.15, 0.2) is 0 Å². The second kappa shape index (κ2) is 8.40. The van der Waals surface area contributed by atoms with E-state index in [1.165, 1.54) is 5.56 Å². The number of carbonyl (C=O) groups is 1. The van der Waals surface area contributed by atoms with Crippen molar-refractivity contribution < 1.29 is 9.53 Å². The van der Waals surface area contributed by atoms with Gasteiger partial charge < -0.3 is 4.74 Å². The molecule has 0 saturated heterocycles. The fourth-order valence-electron chi connectivity index (χ4n) is 2.03. The lowest BCUT2D eigenvalue weighted by atomic mass is 10.1. The summed E-state index contributed by atoms with van der Waals surface area (Å²) in [5, 5.41) is 8.79. The van der Waals surface area contributed by atoms with Crippen molar-refractivity contribution in [2.24, 2.45) is 0 Å². The van der Waals surface area contributed by atoms with Crippen LogP contribution in [0.25, 0.3) is 0 Å². The molecular formula is C19H19NO2S. The normalized spacial score (nSPS) is 10.3. The summed E-state index contributed by atoms with van der Waals surface area (Å²) in [5.41, 5.74) is 3.55. The molecule has 0 fully saturated rings. The van der Waals surface area contributed by atoms with Crippen molar-refractivity contribution in [2.45, 2.75) is 31.5 Å². The number of hydrogen-bond acceptors (Lipinski definition) is 4. The lowest BCUT2D eigenvalue weighted by Gasteiger charge is -2.09. The zero-order valence-electron chi connectivity index (χ0n) is 13.3. The van der Waals surface area contributed by atoms with Gasteiger partial charge >= 0.3 is 5.97 Å². The van der Waals surface area contributed by atoms with Crippen LogP contribution in [0.3, 0.4) is 0 Å². The van der Waals surface area contributed by atoms with Crippen molar-refractivity contribution in [1.82, 2.24) is 0 Å². The molecule has 118 valence electrons. The number of nitriles is 1. The molecule has 0 unspecified atom stereocenters. The number of hydrogen-bond donors (Lipinski definition) is 0. The quantitative estimate of drug-likeness (QED) is 0.731. The standard InChI is InChI=1S/C19H19NO2S/c1-14(2)22-19(21)18-5-3-4-17(10-18)13-23-12-16-8-6-15(11-20)7-9-16/h3-10,14H,12-13H2,1-2H3. The highest BCUT2D eigenvalue weighted by Crippen LogP contribution is 2.19. The topological polar surface area (TPSA) is 50.1 Å². The Labute approximate surface area is 141 Å². The van der Waals surface area contributed by atoms with Gasteiger partial charge in [0.1, 0.15) is 0 Å². The maximum atomic E-state index is 11.9. The van der Waals surface area contributed by atoms with Crippen LogP contribution in [-0.2, 0) is 16.2 Å². The van der Waals surface area contributed by atoms with Crippen molar-refractivity contribution in [3.05, 3.63) is 70.8 Å². The van der Waals surface area contributed by atoms with Crippen molar-refractivity contribution in [3.63, 3.8) is 0 Å². The van der Waals surface area contributed by atoms with Crippen LogP contribution in [0.2, 0.25) is 0 Å². The number of esters is 1. The maximum Gasteiger partial charge on any atom is 0.338 e. The molecule has 3 nitrogen and oxygen atoms in total. The highest BCUT2D eigenvalue weighted by molar-refractivity contribution is 7.97. The molecule has 0 N–H and O–H groups in total. The third kappa shape index (κ3) is 5.46. The second-order valence-corrected chi connectivity index (χ2v) is 6.44. The molecule has 0 aliphatic heterocycles. The smallest absolute Gasteiger partial charge is 0.338 e. The fraction of sp³-hybridized carbons (Fsp3) is 0.263. The summed E-state index contributed by atoms with van der Waals surface area (Å²) in [6, 6.07) is 17.3. The van der Waals surface area contributed by atoms with Gasteiger partial charge in [0, 0.05) is 11.5 Å². The number of rotatable bonds is 6. The van der Waals surface area contributed by atoms with Crippen molar-refractivity contribution in [3.8, 4) is 6.07 Å². The van der Waals surface area contributed by atoms with Crippen molar-refractivity contribution >= 4 is 17.7 Å². The first kappa shape index (κ1) is 17.1. The molecule has 0 radical (unpaired) electrons. The molecular weight excluding hydrogens is 306 g/mol. The van der Waals surface area contributed by atoms with E-state index in [0.29, 0.717) is 11.1 Å². The predicted molar refractivity (Wildman–Crippen MR) is 93.1 cm³/mol. The average Bonchev–Trinajstić information content (AvgIpc) is 2.55. The van der Waals surface area contributed by atoms with Crippen LogP contribution in [-0.4, -0.2) is 12.1 Å². The Kier molecular flexibility index (Phi) is 6.25. The molecule has 0 bridgehead atoms. The SMILES string of the molecule is CC(C)OC(=O)c1cccc(CSCc2ccc(C#N)cc2)c1. The monoisotopic (exact) mass is 325 g/mol. The molecule has 0 spiro atoms. The molecule has 0 atom stereocenters. The van der Waals surface area contributed by atoms with E-state index in [2.05, 4.69) is 6.07 Å². The summed E-state index contributed by atoms with van der Waals surface area (Å²) in [6.45, 7) is 3.68. The first-order chi connectivity index (χ1) is 11.1. The summed E-state index contributed by atoms with van der Waals surface area (Å²) in [6.07, 6.45) is -0.114. The van der Waals surface area contributed by atoms with Gasteiger partial charge in [-0.1, -0.05) is 24.3 Å². The van der Waals surface area contributed by atoms with Crippen molar-refractivity contribution in [2.75, 3.05) is 0 Å². The zero-order valence-corrected chi connectivity index (χ0v) is 14.1. The lowest BCUT2D eigenvalue weighted by molar-refractivity contribution is 0.0378. The largest absolute Gasteiger partial charge is 0.459 e. The summed E-state index contributed by atoms with van der Waals surface area (Å²) >= 11 is 1.77. The van der Waals surface area contributed by atoms with Crippen LogP contribution in [0.1, 0.15) is 40.9 Å². The number of nitrogens with zero attached hydrogens (tertiary/aromatic N) is 1. The molecule has 2 aromatic rings. The zero-order chi connectivity index (χ0) is 16.7. The number of benzene rings is 2. The molecule has 0 saturated carbocycles. The minimum absolute atomic E-state index is 0.114. The van der Waals surface area contributed by atoms with Crippen molar-refractivity contribution in [1.29, 1.82) is 5.26 Å². The van der Waals surface area contributed by atoms with Gasteiger partial charge in [-0.2, -0.15) is 17.0 Å². The molecule has 23 heavy (non-hydrogen) atoms. The van der Waals surface area contributed by atoms with Crippen LogP contribution < -0.4 is 0 Å². The molecule has 0 heterocycles. The molecule has 0 aliphatic rings. The summed E-state index contributed by atoms with van der Waals surface area (Å²) in [4.78, 5) is 11.9. The first-order valence-corrected chi connectivity index (χ1v) is 8.60. The average molecular weight is 325 g/mol. The first-order valence-electron chi connectivity index (χ1n) is 7.45.